The number of nitrogens with one attached hydrogen (secondary N) is 1. The summed E-state index contributed by atoms with van der Waals surface area (Å²) in [5.41, 5.74) is 4.91. The van der Waals surface area contributed by atoms with Gasteiger partial charge in [0.05, 0.1) is 19.8 Å². The van der Waals surface area contributed by atoms with Crippen molar-refractivity contribution in [3.63, 3.8) is 0 Å². The van der Waals surface area contributed by atoms with Gasteiger partial charge in [0.15, 0.2) is 0 Å². The zero-order valence-electron chi connectivity index (χ0n) is 19.6. The standard InChI is InChI=1S/C25H31N3O4/c1-16(26-25(30)27(2)3)11-17-7-10-22-21(12-17)20(15-28(22)4)13-18-8-9-19(24(29)32-6)14-23(18)31-5/h7-10,12,14-16H,11,13H2,1-6H3,(H,26,30). The summed E-state index contributed by atoms with van der Waals surface area (Å²) < 4.78 is 12.5. The van der Waals surface area contributed by atoms with Crippen LogP contribution >= 0.6 is 0 Å². The molecule has 0 aliphatic rings. The van der Waals surface area contributed by atoms with Crippen molar-refractivity contribution < 1.29 is 19.1 Å². The van der Waals surface area contributed by atoms with Gasteiger partial charge in [-0.2, -0.15) is 0 Å². The van der Waals surface area contributed by atoms with Crippen LogP contribution in [0.25, 0.3) is 10.9 Å². The average Bonchev–Trinajstić information content (AvgIpc) is 3.07. The van der Waals surface area contributed by atoms with Crippen molar-refractivity contribution in [1.29, 1.82) is 0 Å². The smallest absolute Gasteiger partial charge is 0.337 e. The molecule has 0 aliphatic carbocycles. The van der Waals surface area contributed by atoms with Crippen LogP contribution in [0.15, 0.2) is 42.6 Å². The van der Waals surface area contributed by atoms with Crippen molar-refractivity contribution in [1.82, 2.24) is 14.8 Å². The number of urea groups is 1. The highest BCUT2D eigenvalue weighted by molar-refractivity contribution is 5.90. The van der Waals surface area contributed by atoms with Crippen LogP contribution in [0.4, 0.5) is 4.79 Å². The molecule has 0 bridgehead atoms. The van der Waals surface area contributed by atoms with E-state index in [1.54, 1.807) is 33.3 Å². The quantitative estimate of drug-likeness (QED) is 0.571. The number of ether oxygens (including phenoxy) is 2. The van der Waals surface area contributed by atoms with Gasteiger partial charge in [0.1, 0.15) is 5.75 Å². The Morgan fingerprint density at radius 2 is 1.84 bits per heavy atom. The van der Waals surface area contributed by atoms with Crippen LogP contribution in [-0.2, 0) is 24.6 Å². The number of carbonyl (C=O) groups excluding carboxylic acids is 2. The van der Waals surface area contributed by atoms with Gasteiger partial charge in [-0.25, -0.2) is 9.59 Å². The van der Waals surface area contributed by atoms with Crippen LogP contribution in [0.3, 0.4) is 0 Å². The Bertz CT molecular complexity index is 1130. The Morgan fingerprint density at radius 3 is 2.50 bits per heavy atom. The summed E-state index contributed by atoms with van der Waals surface area (Å²) >= 11 is 0. The van der Waals surface area contributed by atoms with Gasteiger partial charge < -0.3 is 24.3 Å². The first kappa shape index (κ1) is 23.2. The number of hydrogen-bond acceptors (Lipinski definition) is 4. The van der Waals surface area contributed by atoms with Crippen molar-refractivity contribution in [2.45, 2.75) is 25.8 Å². The van der Waals surface area contributed by atoms with Crippen LogP contribution in [0.1, 0.15) is 34.0 Å². The van der Waals surface area contributed by atoms with Crippen molar-refractivity contribution in [3.05, 3.63) is 64.8 Å². The van der Waals surface area contributed by atoms with Crippen LogP contribution in [0.5, 0.6) is 5.75 Å². The predicted molar refractivity (Wildman–Crippen MR) is 125 cm³/mol. The molecular formula is C25H31N3O4. The Kier molecular flexibility index (Phi) is 7.08. The van der Waals surface area contributed by atoms with Gasteiger partial charge in [-0.15, -0.1) is 0 Å². The molecule has 0 saturated carbocycles. The molecule has 7 nitrogen and oxygen atoms in total. The molecule has 2 amide bonds. The number of fused-ring (bicyclic) bond motifs is 1. The molecule has 2 aromatic carbocycles. The van der Waals surface area contributed by atoms with Gasteiger partial charge in [0.25, 0.3) is 0 Å². The Balaban J connectivity index is 1.88. The topological polar surface area (TPSA) is 72.8 Å². The lowest BCUT2D eigenvalue weighted by molar-refractivity contribution is 0.0600. The fraction of sp³-hybridized carbons (Fsp3) is 0.360. The molecule has 1 N–H and O–H groups in total. The van der Waals surface area contributed by atoms with Crippen LogP contribution < -0.4 is 10.1 Å². The van der Waals surface area contributed by atoms with Gasteiger partial charge >= 0.3 is 12.0 Å². The average molecular weight is 438 g/mol. The summed E-state index contributed by atoms with van der Waals surface area (Å²) in [6.45, 7) is 2.01. The van der Waals surface area contributed by atoms with Crippen molar-refractivity contribution in [2.24, 2.45) is 7.05 Å². The van der Waals surface area contributed by atoms with E-state index in [9.17, 15) is 9.59 Å². The number of hydrogen-bond donors (Lipinski definition) is 1. The van der Waals surface area contributed by atoms with Gasteiger partial charge in [-0.1, -0.05) is 12.1 Å². The van der Waals surface area contributed by atoms with E-state index in [0.29, 0.717) is 17.7 Å². The molecule has 0 saturated heterocycles. The first-order valence-electron chi connectivity index (χ1n) is 10.5. The number of nitrogens with zero attached hydrogens (tertiary/aromatic N) is 2. The Hall–Kier alpha value is -3.48. The maximum Gasteiger partial charge on any atom is 0.337 e. The van der Waals surface area contributed by atoms with E-state index in [1.807, 2.05) is 20.0 Å². The normalized spacial score (nSPS) is 11.8. The molecule has 1 heterocycles. The van der Waals surface area contributed by atoms with E-state index < -0.39 is 0 Å². The number of rotatable bonds is 7. The second kappa shape index (κ2) is 9.77. The third-order valence-electron chi connectivity index (χ3n) is 5.54. The molecule has 7 heteroatoms. The minimum Gasteiger partial charge on any atom is -0.496 e. The van der Waals surface area contributed by atoms with E-state index in [-0.39, 0.29) is 18.0 Å². The first-order valence-corrected chi connectivity index (χ1v) is 10.5. The first-order chi connectivity index (χ1) is 15.2. The highest BCUT2D eigenvalue weighted by Crippen LogP contribution is 2.29. The van der Waals surface area contributed by atoms with E-state index in [2.05, 4.69) is 34.3 Å². The lowest BCUT2D eigenvalue weighted by Gasteiger charge is -2.18. The van der Waals surface area contributed by atoms with E-state index in [1.165, 1.54) is 17.6 Å². The third-order valence-corrected chi connectivity index (χ3v) is 5.54. The molecule has 0 radical (unpaired) electrons. The van der Waals surface area contributed by atoms with Crippen molar-refractivity contribution in [2.75, 3.05) is 28.3 Å². The molecule has 1 aromatic heterocycles. The lowest BCUT2D eigenvalue weighted by atomic mass is 9.99. The van der Waals surface area contributed by atoms with Crippen molar-refractivity contribution >= 4 is 22.9 Å². The van der Waals surface area contributed by atoms with Crippen LogP contribution in [-0.4, -0.2) is 55.8 Å². The highest BCUT2D eigenvalue weighted by Gasteiger charge is 2.15. The number of amides is 2. The number of aromatic nitrogens is 1. The fourth-order valence-corrected chi connectivity index (χ4v) is 3.87. The molecule has 0 spiro atoms. The molecule has 170 valence electrons. The predicted octanol–water partition coefficient (Wildman–Crippen LogP) is 3.77. The number of esters is 1. The summed E-state index contributed by atoms with van der Waals surface area (Å²) in [4.78, 5) is 25.3. The molecule has 32 heavy (non-hydrogen) atoms. The number of carbonyl (C=O) groups is 2. The number of methoxy groups -OCH3 is 2. The maximum atomic E-state index is 11.9. The van der Waals surface area contributed by atoms with Gasteiger partial charge in [-0.05, 0) is 54.3 Å². The second-order valence-electron chi connectivity index (χ2n) is 8.26. The monoisotopic (exact) mass is 437 g/mol. The second-order valence-corrected chi connectivity index (χ2v) is 8.26. The lowest BCUT2D eigenvalue weighted by Crippen LogP contribution is -2.40. The molecule has 0 aliphatic heterocycles. The van der Waals surface area contributed by atoms with Crippen LogP contribution in [0.2, 0.25) is 0 Å². The zero-order chi connectivity index (χ0) is 23.4. The maximum absolute atomic E-state index is 11.9. The molecule has 3 rings (SSSR count). The number of benzene rings is 2. The van der Waals surface area contributed by atoms with Gasteiger partial charge in [0, 0.05) is 50.7 Å². The summed E-state index contributed by atoms with van der Waals surface area (Å²) in [6, 6.07) is 11.7. The highest BCUT2D eigenvalue weighted by atomic mass is 16.5. The fourth-order valence-electron chi connectivity index (χ4n) is 3.87. The summed E-state index contributed by atoms with van der Waals surface area (Å²) in [7, 11) is 8.46. The Labute approximate surface area is 188 Å². The van der Waals surface area contributed by atoms with Gasteiger partial charge in [0.2, 0.25) is 0 Å². The Morgan fingerprint density at radius 1 is 1.09 bits per heavy atom. The zero-order valence-corrected chi connectivity index (χ0v) is 19.6. The molecule has 3 aromatic rings. The molecular weight excluding hydrogens is 406 g/mol. The minimum absolute atomic E-state index is 0.0143. The van der Waals surface area contributed by atoms with E-state index in [4.69, 9.17) is 9.47 Å². The SMILES string of the molecule is COC(=O)c1ccc(Cc2cn(C)c3ccc(CC(C)NC(=O)N(C)C)cc23)c(OC)c1. The van der Waals surface area contributed by atoms with E-state index >= 15 is 0 Å². The third kappa shape index (κ3) is 5.04. The minimum atomic E-state index is -0.389. The molecule has 1 atom stereocenters. The van der Waals surface area contributed by atoms with Crippen molar-refractivity contribution in [3.8, 4) is 5.75 Å². The molecule has 1 unspecified atom stereocenters. The van der Waals surface area contributed by atoms with Crippen LogP contribution in [0, 0.1) is 0 Å². The van der Waals surface area contributed by atoms with Gasteiger partial charge in [-0.3, -0.25) is 0 Å². The van der Waals surface area contributed by atoms with E-state index in [0.717, 1.165) is 28.5 Å². The number of aryl methyl sites for hydroxylation is 1. The largest absolute Gasteiger partial charge is 0.496 e. The summed E-state index contributed by atoms with van der Waals surface area (Å²) in [5.74, 6) is 0.265. The summed E-state index contributed by atoms with van der Waals surface area (Å²) in [5, 5.41) is 4.16. The summed E-state index contributed by atoms with van der Waals surface area (Å²) in [6.07, 6.45) is 3.53. The molecule has 0 fully saturated rings.